The predicted molar refractivity (Wildman–Crippen MR) is 123 cm³/mol. The van der Waals surface area contributed by atoms with Crippen LogP contribution >= 0.6 is 0 Å². The fraction of sp³-hybridized carbons (Fsp3) is 0.926. The molecule has 4 saturated carbocycles. The number of fused-ring (bicyclic) bond motifs is 5. The summed E-state index contributed by atoms with van der Waals surface area (Å²) in [6.45, 7) is 10.5. The fourth-order valence-electron chi connectivity index (χ4n) is 9.21. The first-order chi connectivity index (χ1) is 15.0. The monoisotopic (exact) mass is 448 g/mol. The van der Waals surface area contributed by atoms with Crippen LogP contribution in [-0.2, 0) is 19.1 Å². The Kier molecular flexibility index (Phi) is 6.46. The van der Waals surface area contributed by atoms with Gasteiger partial charge in [0.2, 0.25) is 0 Å². The van der Waals surface area contributed by atoms with E-state index in [0.717, 1.165) is 44.4 Å². The molecule has 0 aromatic rings. The van der Waals surface area contributed by atoms with Crippen LogP contribution in [0.4, 0.5) is 0 Å². The SMILES string of the molecule is CCOC(=O)CC(C)(O)C1CCC2C3CCC4CC(OC(C)=O)CCC4(C)C3CCC21C. The Labute approximate surface area is 194 Å². The molecule has 0 heterocycles. The summed E-state index contributed by atoms with van der Waals surface area (Å²) in [5.74, 6) is 2.44. The van der Waals surface area contributed by atoms with E-state index >= 15 is 0 Å². The number of hydrogen-bond donors (Lipinski definition) is 1. The summed E-state index contributed by atoms with van der Waals surface area (Å²) in [5, 5.41) is 11.4. The van der Waals surface area contributed by atoms with Gasteiger partial charge in [0.05, 0.1) is 18.6 Å². The van der Waals surface area contributed by atoms with E-state index in [1.165, 1.54) is 26.2 Å². The van der Waals surface area contributed by atoms with Gasteiger partial charge in [-0.2, -0.15) is 0 Å². The molecule has 9 atom stereocenters. The Morgan fingerprint density at radius 1 is 1.00 bits per heavy atom. The van der Waals surface area contributed by atoms with Crippen molar-refractivity contribution in [3.8, 4) is 0 Å². The van der Waals surface area contributed by atoms with Gasteiger partial charge < -0.3 is 14.6 Å². The Balaban J connectivity index is 1.49. The van der Waals surface area contributed by atoms with Crippen molar-refractivity contribution in [3.05, 3.63) is 0 Å². The highest BCUT2D eigenvalue weighted by molar-refractivity contribution is 5.70. The maximum atomic E-state index is 12.2. The number of esters is 2. The molecule has 182 valence electrons. The maximum absolute atomic E-state index is 12.2. The lowest BCUT2D eigenvalue weighted by Gasteiger charge is -2.61. The van der Waals surface area contributed by atoms with Crippen LogP contribution < -0.4 is 0 Å². The van der Waals surface area contributed by atoms with Gasteiger partial charge in [0.15, 0.2) is 0 Å². The number of aliphatic hydroxyl groups is 1. The zero-order valence-corrected chi connectivity index (χ0v) is 20.8. The van der Waals surface area contributed by atoms with Gasteiger partial charge in [0.1, 0.15) is 6.10 Å². The number of carbonyl (C=O) groups is 2. The summed E-state index contributed by atoms with van der Waals surface area (Å²) >= 11 is 0. The zero-order valence-electron chi connectivity index (χ0n) is 20.8. The predicted octanol–water partition coefficient (Wildman–Crippen LogP) is 5.28. The van der Waals surface area contributed by atoms with E-state index in [-0.39, 0.29) is 35.8 Å². The van der Waals surface area contributed by atoms with Gasteiger partial charge in [-0.15, -0.1) is 0 Å². The van der Waals surface area contributed by atoms with Crippen molar-refractivity contribution in [2.24, 2.45) is 40.4 Å². The molecule has 0 bridgehead atoms. The van der Waals surface area contributed by atoms with Crippen LogP contribution in [0.15, 0.2) is 0 Å². The molecule has 32 heavy (non-hydrogen) atoms. The molecule has 1 N–H and O–H groups in total. The third-order valence-electron chi connectivity index (χ3n) is 10.5. The lowest BCUT2D eigenvalue weighted by Crippen LogP contribution is -2.55. The molecule has 0 aliphatic heterocycles. The summed E-state index contributed by atoms with van der Waals surface area (Å²) in [6.07, 6.45) is 10.4. The largest absolute Gasteiger partial charge is 0.466 e. The third kappa shape index (κ3) is 4.01. The summed E-state index contributed by atoms with van der Waals surface area (Å²) in [6, 6.07) is 0. The van der Waals surface area contributed by atoms with E-state index in [0.29, 0.717) is 29.8 Å². The highest BCUT2D eigenvalue weighted by Gasteiger charge is 2.62. The molecule has 5 heteroatoms. The number of hydrogen-bond acceptors (Lipinski definition) is 5. The van der Waals surface area contributed by atoms with Gasteiger partial charge in [-0.1, -0.05) is 13.8 Å². The van der Waals surface area contributed by atoms with Crippen molar-refractivity contribution >= 4 is 11.9 Å². The summed E-state index contributed by atoms with van der Waals surface area (Å²) in [5.41, 5.74) is -0.576. The van der Waals surface area contributed by atoms with Crippen LogP contribution in [0, 0.1) is 40.4 Å². The number of carbonyl (C=O) groups excluding carboxylic acids is 2. The van der Waals surface area contributed by atoms with Crippen LogP contribution in [0.3, 0.4) is 0 Å². The van der Waals surface area contributed by atoms with Crippen LogP contribution in [0.5, 0.6) is 0 Å². The van der Waals surface area contributed by atoms with Gasteiger partial charge in [-0.25, -0.2) is 0 Å². The van der Waals surface area contributed by atoms with Gasteiger partial charge in [0, 0.05) is 6.92 Å². The molecule has 0 radical (unpaired) electrons. The average molecular weight is 449 g/mol. The van der Waals surface area contributed by atoms with E-state index in [1.807, 2.05) is 13.8 Å². The van der Waals surface area contributed by atoms with Crippen LogP contribution in [0.25, 0.3) is 0 Å². The minimum absolute atomic E-state index is 0.0926. The summed E-state index contributed by atoms with van der Waals surface area (Å²) in [4.78, 5) is 23.7. The van der Waals surface area contributed by atoms with Crippen molar-refractivity contribution in [1.82, 2.24) is 0 Å². The number of rotatable bonds is 5. The van der Waals surface area contributed by atoms with E-state index in [9.17, 15) is 14.7 Å². The molecule has 4 aliphatic rings. The summed E-state index contributed by atoms with van der Waals surface area (Å²) < 4.78 is 10.8. The maximum Gasteiger partial charge on any atom is 0.308 e. The van der Waals surface area contributed by atoms with Crippen LogP contribution in [0.2, 0.25) is 0 Å². The Morgan fingerprint density at radius 3 is 2.38 bits per heavy atom. The highest BCUT2D eigenvalue weighted by Crippen LogP contribution is 2.68. The van der Waals surface area contributed by atoms with Gasteiger partial charge in [-0.3, -0.25) is 9.59 Å². The average Bonchev–Trinajstić information content (AvgIpc) is 3.06. The van der Waals surface area contributed by atoms with Crippen molar-refractivity contribution in [2.75, 3.05) is 6.61 Å². The first kappa shape index (κ1) is 24.0. The van der Waals surface area contributed by atoms with Crippen molar-refractivity contribution in [2.45, 2.75) is 111 Å². The third-order valence-corrected chi connectivity index (χ3v) is 10.5. The molecule has 5 nitrogen and oxygen atoms in total. The van der Waals surface area contributed by atoms with Crippen LogP contribution in [0.1, 0.15) is 98.8 Å². The van der Waals surface area contributed by atoms with E-state index in [4.69, 9.17) is 9.47 Å². The van der Waals surface area contributed by atoms with Crippen LogP contribution in [-0.4, -0.2) is 35.4 Å². The lowest BCUT2D eigenvalue weighted by atomic mass is 9.44. The highest BCUT2D eigenvalue weighted by atomic mass is 16.5. The summed E-state index contributed by atoms with van der Waals surface area (Å²) in [7, 11) is 0. The van der Waals surface area contributed by atoms with Gasteiger partial charge in [-0.05, 0) is 112 Å². The normalized spacial score (nSPS) is 45.1. The van der Waals surface area contributed by atoms with E-state index in [2.05, 4.69) is 13.8 Å². The molecule has 0 aromatic heterocycles. The quantitative estimate of drug-likeness (QED) is 0.579. The zero-order chi connectivity index (χ0) is 23.3. The molecule has 4 rings (SSSR count). The molecule has 4 aliphatic carbocycles. The molecule has 0 saturated heterocycles. The minimum atomic E-state index is -1.01. The Morgan fingerprint density at radius 2 is 1.69 bits per heavy atom. The Hall–Kier alpha value is -1.10. The van der Waals surface area contributed by atoms with Gasteiger partial charge >= 0.3 is 11.9 Å². The lowest BCUT2D eigenvalue weighted by molar-refractivity contribution is -0.167. The molecule has 4 fully saturated rings. The molecule has 0 amide bonds. The first-order valence-corrected chi connectivity index (χ1v) is 13.1. The molecule has 0 spiro atoms. The van der Waals surface area contributed by atoms with Gasteiger partial charge in [0.25, 0.3) is 0 Å². The van der Waals surface area contributed by atoms with E-state index < -0.39 is 5.60 Å². The molecule has 9 unspecified atom stereocenters. The second-order valence-electron chi connectivity index (χ2n) is 12.2. The minimum Gasteiger partial charge on any atom is -0.466 e. The standard InChI is InChI=1S/C27H44O5/c1-6-31-24(29)16-27(5,30)23-10-9-21-20-8-7-18-15-19(32-17(2)28)11-13-25(18,3)22(20)12-14-26(21,23)4/h18-23,30H,6-16H2,1-5H3. The molecular formula is C27H44O5. The number of ether oxygens (including phenoxy) is 2. The Bertz CT molecular complexity index is 732. The molecule has 0 aromatic carbocycles. The second-order valence-corrected chi connectivity index (χ2v) is 12.2. The van der Waals surface area contributed by atoms with Crippen molar-refractivity contribution < 1.29 is 24.2 Å². The van der Waals surface area contributed by atoms with E-state index in [1.54, 1.807) is 0 Å². The smallest absolute Gasteiger partial charge is 0.308 e. The second kappa shape index (κ2) is 8.60. The first-order valence-electron chi connectivity index (χ1n) is 13.1. The molecular weight excluding hydrogens is 404 g/mol. The van der Waals surface area contributed by atoms with Crippen molar-refractivity contribution in [1.29, 1.82) is 0 Å². The van der Waals surface area contributed by atoms with Crippen molar-refractivity contribution in [3.63, 3.8) is 0 Å². The fourth-order valence-corrected chi connectivity index (χ4v) is 9.21. The topological polar surface area (TPSA) is 72.8 Å².